The predicted molar refractivity (Wildman–Crippen MR) is 143 cm³/mol. The molecule has 2 aromatic heterocycles. The Balaban J connectivity index is 1.55. The number of oxazole rings is 1. The maximum Gasteiger partial charge on any atom is 0.243 e. The second kappa shape index (κ2) is 9.08. The predicted octanol–water partition coefficient (Wildman–Crippen LogP) is 4.55. The Kier molecular flexibility index (Phi) is 6.10. The average Bonchev–Trinajstić information content (AvgIpc) is 3.42. The summed E-state index contributed by atoms with van der Waals surface area (Å²) in [7, 11) is -2.01. The van der Waals surface area contributed by atoms with Crippen molar-refractivity contribution in [2.45, 2.75) is 63.8 Å². The van der Waals surface area contributed by atoms with Gasteiger partial charge in [0, 0.05) is 43.3 Å². The number of rotatable bonds is 8. The van der Waals surface area contributed by atoms with Gasteiger partial charge in [0.25, 0.3) is 0 Å². The van der Waals surface area contributed by atoms with Gasteiger partial charge in [-0.05, 0) is 82.3 Å². The molecule has 0 saturated carbocycles. The van der Waals surface area contributed by atoms with Crippen molar-refractivity contribution in [3.63, 3.8) is 0 Å². The molecule has 3 aromatic rings. The number of nitrogens with one attached hydrogen (secondary N) is 1. The molecule has 1 aromatic carbocycles. The fourth-order valence-electron chi connectivity index (χ4n) is 6.72. The maximum atomic E-state index is 13.1. The largest absolute Gasteiger partial charge is 0.440 e. The van der Waals surface area contributed by atoms with Crippen molar-refractivity contribution < 1.29 is 17.6 Å². The second-order valence-electron chi connectivity index (χ2n) is 10.7. The molecule has 0 bridgehead atoms. The van der Waals surface area contributed by atoms with Gasteiger partial charge in [-0.25, -0.2) is 18.1 Å². The zero-order chi connectivity index (χ0) is 25.9. The quantitative estimate of drug-likeness (QED) is 0.435. The van der Waals surface area contributed by atoms with Crippen LogP contribution in [0.3, 0.4) is 0 Å². The normalized spacial score (nSPS) is 23.4. The smallest absolute Gasteiger partial charge is 0.243 e. The molecule has 1 N–H and O–H groups in total. The first-order valence-electron chi connectivity index (χ1n) is 13.4. The fraction of sp³-hybridized carbons (Fsp3) is 0.536. The Bertz CT molecular complexity index is 1480. The SMILES string of the molecule is CC[C@@]12C=C(c3nc(C)c(C)o3)n3c4c(c5cc(S(=O)(=O)NCCCOC)ccc53)CCN(CCC1)[C@H]42. The zero-order valence-electron chi connectivity index (χ0n) is 22.1. The molecule has 1 fully saturated rings. The van der Waals surface area contributed by atoms with Crippen LogP contribution in [0, 0.1) is 19.3 Å². The Hall–Kier alpha value is -2.46. The van der Waals surface area contributed by atoms with E-state index in [4.69, 9.17) is 14.1 Å². The van der Waals surface area contributed by atoms with Crippen molar-refractivity contribution in [3.05, 3.63) is 52.9 Å². The third kappa shape index (κ3) is 3.81. The molecule has 0 spiro atoms. The van der Waals surface area contributed by atoms with Crippen molar-refractivity contribution in [1.29, 1.82) is 0 Å². The number of methoxy groups -OCH3 is 1. The van der Waals surface area contributed by atoms with Crippen LogP contribution in [-0.2, 0) is 21.2 Å². The molecule has 2 atom stereocenters. The van der Waals surface area contributed by atoms with E-state index in [2.05, 4.69) is 27.2 Å². The van der Waals surface area contributed by atoms with E-state index in [0.29, 0.717) is 30.4 Å². The monoisotopic (exact) mass is 524 g/mol. The standard InChI is InChI=1S/C28H36N4O4S/c1-5-28-11-6-13-31-14-10-21-22-16-20(37(33,34)29-12-7-15-35-4)8-9-23(22)32(25(21)26(28)31)24(17-28)27-30-18(2)19(3)36-27/h8-9,16-17,26,29H,5-7,10-15H2,1-4H3/t26-,28+/m1/s1. The minimum absolute atomic E-state index is 0.00121. The van der Waals surface area contributed by atoms with Gasteiger partial charge in [0.05, 0.1) is 22.1 Å². The van der Waals surface area contributed by atoms with Crippen LogP contribution < -0.4 is 4.72 Å². The summed E-state index contributed by atoms with van der Waals surface area (Å²) in [6, 6.07) is 5.82. The van der Waals surface area contributed by atoms with Crippen molar-refractivity contribution in [1.82, 2.24) is 19.2 Å². The summed E-state index contributed by atoms with van der Waals surface area (Å²) in [4.78, 5) is 7.75. The maximum absolute atomic E-state index is 13.1. The molecule has 3 aliphatic rings. The number of fused-ring (bicyclic) bond motifs is 3. The van der Waals surface area contributed by atoms with Crippen LogP contribution in [-0.4, -0.2) is 56.2 Å². The molecule has 198 valence electrons. The van der Waals surface area contributed by atoms with Gasteiger partial charge >= 0.3 is 0 Å². The van der Waals surface area contributed by atoms with E-state index in [1.54, 1.807) is 13.2 Å². The molecule has 0 aliphatic carbocycles. The van der Waals surface area contributed by atoms with Gasteiger partial charge in [-0.15, -0.1) is 0 Å². The molecule has 0 unspecified atom stereocenters. The van der Waals surface area contributed by atoms with Gasteiger partial charge in [-0.2, -0.15) is 0 Å². The highest BCUT2D eigenvalue weighted by Crippen LogP contribution is 2.57. The van der Waals surface area contributed by atoms with Gasteiger partial charge in [-0.3, -0.25) is 4.90 Å². The highest BCUT2D eigenvalue weighted by molar-refractivity contribution is 7.89. The summed E-state index contributed by atoms with van der Waals surface area (Å²) in [5.74, 6) is 1.47. The van der Waals surface area contributed by atoms with E-state index >= 15 is 0 Å². The highest BCUT2D eigenvalue weighted by atomic mass is 32.2. The lowest BCUT2D eigenvalue weighted by molar-refractivity contribution is 0.0269. The van der Waals surface area contributed by atoms with Crippen LogP contribution in [0.1, 0.15) is 67.3 Å². The molecule has 9 heteroatoms. The molecule has 6 rings (SSSR count). The topological polar surface area (TPSA) is 89.6 Å². The lowest BCUT2D eigenvalue weighted by Crippen LogP contribution is -2.50. The van der Waals surface area contributed by atoms with Gasteiger partial charge in [-0.1, -0.05) is 6.92 Å². The number of aryl methyl sites for hydroxylation is 2. The summed E-state index contributed by atoms with van der Waals surface area (Å²) in [6.07, 6.45) is 7.27. The van der Waals surface area contributed by atoms with Crippen molar-refractivity contribution in [2.24, 2.45) is 5.41 Å². The van der Waals surface area contributed by atoms with Gasteiger partial charge in [0.15, 0.2) is 0 Å². The Morgan fingerprint density at radius 3 is 2.84 bits per heavy atom. The molecule has 3 aliphatic heterocycles. The summed E-state index contributed by atoms with van der Waals surface area (Å²) in [6.45, 7) is 9.17. The highest BCUT2D eigenvalue weighted by Gasteiger charge is 2.51. The second-order valence-corrected chi connectivity index (χ2v) is 12.5. The zero-order valence-corrected chi connectivity index (χ0v) is 23.0. The van der Waals surface area contributed by atoms with E-state index < -0.39 is 10.0 Å². The number of hydrogen-bond acceptors (Lipinski definition) is 6. The Morgan fingerprint density at radius 1 is 1.27 bits per heavy atom. The summed E-state index contributed by atoms with van der Waals surface area (Å²) < 4.78 is 42.6. The van der Waals surface area contributed by atoms with Gasteiger partial charge in [0.1, 0.15) is 11.5 Å². The molecule has 37 heavy (non-hydrogen) atoms. The summed E-state index contributed by atoms with van der Waals surface area (Å²) in [5, 5.41) is 1.01. The molecule has 5 heterocycles. The first-order chi connectivity index (χ1) is 17.8. The number of piperidine rings is 1. The van der Waals surface area contributed by atoms with Crippen LogP contribution in [0.4, 0.5) is 0 Å². The van der Waals surface area contributed by atoms with Crippen molar-refractivity contribution >= 4 is 26.6 Å². The Labute approximate surface area is 218 Å². The first-order valence-corrected chi connectivity index (χ1v) is 14.9. The summed E-state index contributed by atoms with van der Waals surface area (Å²) >= 11 is 0. The van der Waals surface area contributed by atoms with E-state index in [0.717, 1.165) is 60.4 Å². The third-order valence-electron chi connectivity index (χ3n) is 8.69. The lowest BCUT2D eigenvalue weighted by Gasteiger charge is -2.53. The van der Waals surface area contributed by atoms with Crippen LogP contribution in [0.25, 0.3) is 16.6 Å². The first kappa shape index (κ1) is 24.9. The number of benzene rings is 1. The molecule has 8 nitrogen and oxygen atoms in total. The number of hydrogen-bond donors (Lipinski definition) is 1. The molecular weight excluding hydrogens is 488 g/mol. The van der Waals surface area contributed by atoms with E-state index in [1.807, 2.05) is 26.0 Å². The van der Waals surface area contributed by atoms with Gasteiger partial charge < -0.3 is 13.7 Å². The van der Waals surface area contributed by atoms with E-state index in [-0.39, 0.29) is 11.5 Å². The van der Waals surface area contributed by atoms with Crippen LogP contribution >= 0.6 is 0 Å². The Morgan fingerprint density at radius 2 is 2.11 bits per heavy atom. The fourth-order valence-corrected chi connectivity index (χ4v) is 7.82. The minimum Gasteiger partial charge on any atom is -0.440 e. The number of ether oxygens (including phenoxy) is 1. The van der Waals surface area contributed by atoms with E-state index in [9.17, 15) is 8.42 Å². The minimum atomic E-state index is -3.62. The van der Waals surface area contributed by atoms with Crippen molar-refractivity contribution in [3.8, 4) is 0 Å². The number of sulfonamides is 1. The molecule has 0 radical (unpaired) electrons. The average molecular weight is 525 g/mol. The summed E-state index contributed by atoms with van der Waals surface area (Å²) in [5.41, 5.74) is 5.45. The van der Waals surface area contributed by atoms with Crippen LogP contribution in [0.15, 0.2) is 33.6 Å². The molecule has 1 saturated heterocycles. The molecule has 0 amide bonds. The molecular formula is C28H36N4O4S. The van der Waals surface area contributed by atoms with Crippen LogP contribution in [0.5, 0.6) is 0 Å². The van der Waals surface area contributed by atoms with Crippen LogP contribution in [0.2, 0.25) is 0 Å². The number of nitrogens with zero attached hydrogens (tertiary/aromatic N) is 3. The third-order valence-corrected chi connectivity index (χ3v) is 10.1. The number of aromatic nitrogens is 2. The van der Waals surface area contributed by atoms with Crippen molar-refractivity contribution in [2.75, 3.05) is 33.4 Å². The van der Waals surface area contributed by atoms with Gasteiger partial charge in [0.2, 0.25) is 15.9 Å². The van der Waals surface area contributed by atoms with E-state index in [1.165, 1.54) is 17.7 Å². The lowest BCUT2D eigenvalue weighted by atomic mass is 9.66.